The number of carbonyl (C=O) groups is 2. The van der Waals surface area contributed by atoms with Gasteiger partial charge >= 0.3 is 0 Å². The highest BCUT2D eigenvalue weighted by Crippen LogP contribution is 2.32. The fraction of sp³-hybridized carbons (Fsp3) is 0.300. The van der Waals surface area contributed by atoms with Crippen LogP contribution >= 0.6 is 0 Å². The predicted molar refractivity (Wildman–Crippen MR) is 104 cm³/mol. The number of nitrogens with zero attached hydrogens (tertiary/aromatic N) is 1. The summed E-state index contributed by atoms with van der Waals surface area (Å²) in [5.41, 5.74) is 2.01. The van der Waals surface area contributed by atoms with Crippen LogP contribution in [-0.2, 0) is 9.59 Å². The minimum Gasteiger partial charge on any atom is -0.497 e. The minimum atomic E-state index is -0.355. The third-order valence-corrected chi connectivity index (χ3v) is 3.99. The molecule has 7 nitrogen and oxygen atoms in total. The van der Waals surface area contributed by atoms with Crippen molar-refractivity contribution < 1.29 is 23.8 Å². The molecule has 0 aromatic heterocycles. The Balaban J connectivity index is 2.25. The van der Waals surface area contributed by atoms with Crippen LogP contribution in [0.3, 0.4) is 0 Å². The maximum absolute atomic E-state index is 12.6. The molecule has 2 amide bonds. The molecule has 0 aliphatic carbocycles. The number of amides is 2. The zero-order valence-corrected chi connectivity index (χ0v) is 16.2. The molecule has 7 heteroatoms. The first-order valence-electron chi connectivity index (χ1n) is 8.34. The number of ether oxygens (including phenoxy) is 3. The summed E-state index contributed by atoms with van der Waals surface area (Å²) in [5, 5.41) is 2.79. The molecule has 0 saturated carbocycles. The lowest BCUT2D eigenvalue weighted by molar-refractivity contribution is -0.120. The van der Waals surface area contributed by atoms with Crippen LogP contribution in [0.5, 0.6) is 17.2 Å². The topological polar surface area (TPSA) is 77.1 Å². The number of carbonyl (C=O) groups excluding carboxylic acids is 2. The van der Waals surface area contributed by atoms with Crippen molar-refractivity contribution in [2.45, 2.75) is 13.8 Å². The number of benzene rings is 2. The van der Waals surface area contributed by atoms with E-state index in [1.807, 2.05) is 19.1 Å². The van der Waals surface area contributed by atoms with Crippen LogP contribution in [0.25, 0.3) is 0 Å². The van der Waals surface area contributed by atoms with Gasteiger partial charge in [0.05, 0.1) is 32.7 Å². The zero-order valence-electron chi connectivity index (χ0n) is 16.2. The molecule has 2 aromatic carbocycles. The highest BCUT2D eigenvalue weighted by Gasteiger charge is 2.20. The van der Waals surface area contributed by atoms with E-state index in [9.17, 15) is 9.59 Å². The molecule has 0 unspecified atom stereocenters. The van der Waals surface area contributed by atoms with Crippen molar-refractivity contribution in [3.05, 3.63) is 42.0 Å². The van der Waals surface area contributed by atoms with Crippen LogP contribution in [0.4, 0.5) is 11.4 Å². The molecule has 0 bridgehead atoms. The summed E-state index contributed by atoms with van der Waals surface area (Å²) in [4.78, 5) is 26.1. The Morgan fingerprint density at radius 3 is 2.26 bits per heavy atom. The van der Waals surface area contributed by atoms with Crippen LogP contribution in [0, 0.1) is 6.92 Å². The number of anilines is 2. The average Bonchev–Trinajstić information content (AvgIpc) is 2.65. The first kappa shape index (κ1) is 20.1. The molecule has 0 radical (unpaired) electrons. The van der Waals surface area contributed by atoms with E-state index >= 15 is 0 Å². The zero-order chi connectivity index (χ0) is 20.0. The predicted octanol–water partition coefficient (Wildman–Crippen LogP) is 3.01. The maximum Gasteiger partial charge on any atom is 0.244 e. The van der Waals surface area contributed by atoms with Crippen molar-refractivity contribution >= 4 is 23.2 Å². The summed E-state index contributed by atoms with van der Waals surface area (Å²) in [6.07, 6.45) is 0. The second kappa shape index (κ2) is 8.93. The second-order valence-corrected chi connectivity index (χ2v) is 5.89. The van der Waals surface area contributed by atoms with Crippen molar-refractivity contribution in [3.8, 4) is 17.2 Å². The molecule has 0 fully saturated rings. The molecule has 144 valence electrons. The third-order valence-electron chi connectivity index (χ3n) is 3.99. The Hall–Kier alpha value is -3.22. The van der Waals surface area contributed by atoms with E-state index in [1.165, 1.54) is 26.0 Å². The number of rotatable bonds is 7. The number of aryl methyl sites for hydroxylation is 1. The molecule has 0 spiro atoms. The summed E-state index contributed by atoms with van der Waals surface area (Å²) >= 11 is 0. The van der Waals surface area contributed by atoms with Crippen LogP contribution in [-0.4, -0.2) is 39.7 Å². The number of methoxy groups -OCH3 is 3. The van der Waals surface area contributed by atoms with Gasteiger partial charge in [-0.05, 0) is 36.8 Å². The van der Waals surface area contributed by atoms with Gasteiger partial charge in [0.2, 0.25) is 11.8 Å². The van der Waals surface area contributed by atoms with Crippen LogP contribution in [0.15, 0.2) is 36.4 Å². The average molecular weight is 372 g/mol. The summed E-state index contributed by atoms with van der Waals surface area (Å²) in [7, 11) is 4.57. The van der Waals surface area contributed by atoms with Crippen molar-refractivity contribution in [2.75, 3.05) is 38.1 Å². The Morgan fingerprint density at radius 2 is 1.67 bits per heavy atom. The molecule has 1 N–H and O–H groups in total. The van der Waals surface area contributed by atoms with Gasteiger partial charge in [-0.15, -0.1) is 0 Å². The van der Waals surface area contributed by atoms with Gasteiger partial charge in [-0.1, -0.05) is 6.07 Å². The van der Waals surface area contributed by atoms with Gasteiger partial charge in [0.15, 0.2) is 0 Å². The van der Waals surface area contributed by atoms with E-state index < -0.39 is 0 Å². The monoisotopic (exact) mass is 372 g/mol. The summed E-state index contributed by atoms with van der Waals surface area (Å²) in [6.45, 7) is 3.14. The van der Waals surface area contributed by atoms with Crippen LogP contribution in [0.1, 0.15) is 12.5 Å². The normalized spacial score (nSPS) is 10.1. The summed E-state index contributed by atoms with van der Waals surface area (Å²) in [5.74, 6) is 0.931. The van der Waals surface area contributed by atoms with Crippen molar-refractivity contribution in [1.82, 2.24) is 0 Å². The van der Waals surface area contributed by atoms with E-state index in [0.717, 1.165) is 5.56 Å². The lowest BCUT2D eigenvalue weighted by atomic mass is 10.2. The smallest absolute Gasteiger partial charge is 0.244 e. The Kier molecular flexibility index (Phi) is 6.65. The molecule has 2 rings (SSSR count). The van der Waals surface area contributed by atoms with Gasteiger partial charge in [-0.25, -0.2) is 0 Å². The van der Waals surface area contributed by atoms with Gasteiger partial charge in [-0.2, -0.15) is 0 Å². The van der Waals surface area contributed by atoms with E-state index in [2.05, 4.69) is 5.32 Å². The van der Waals surface area contributed by atoms with E-state index in [4.69, 9.17) is 14.2 Å². The standard InChI is InChI=1S/C20H24N2O5/c1-13-6-9-18(26-4)16(10-13)21-20(24)12-22(14(2)23)17-8-7-15(25-3)11-19(17)27-5/h6-11H,12H2,1-5H3,(H,21,24). The van der Waals surface area contributed by atoms with Crippen LogP contribution < -0.4 is 24.4 Å². The SMILES string of the molecule is COc1ccc(N(CC(=O)Nc2cc(C)ccc2OC)C(C)=O)c(OC)c1. The number of hydrogen-bond acceptors (Lipinski definition) is 5. The minimum absolute atomic E-state index is 0.172. The lowest BCUT2D eigenvalue weighted by Gasteiger charge is -2.23. The summed E-state index contributed by atoms with van der Waals surface area (Å²) in [6, 6.07) is 10.5. The second-order valence-electron chi connectivity index (χ2n) is 5.89. The fourth-order valence-corrected chi connectivity index (χ4v) is 2.63. The van der Waals surface area contributed by atoms with Gasteiger partial charge in [0.25, 0.3) is 0 Å². The molecular formula is C20H24N2O5. The van der Waals surface area contributed by atoms with E-state index in [-0.39, 0.29) is 18.4 Å². The number of nitrogens with one attached hydrogen (secondary N) is 1. The molecular weight excluding hydrogens is 348 g/mol. The Labute approximate surface area is 158 Å². The van der Waals surface area contributed by atoms with Gasteiger partial charge in [-0.3, -0.25) is 14.5 Å². The molecule has 2 aromatic rings. The van der Waals surface area contributed by atoms with Crippen molar-refractivity contribution in [3.63, 3.8) is 0 Å². The Morgan fingerprint density at radius 1 is 0.963 bits per heavy atom. The summed E-state index contributed by atoms with van der Waals surface area (Å²) < 4.78 is 15.8. The van der Waals surface area contributed by atoms with Gasteiger partial charge < -0.3 is 19.5 Å². The van der Waals surface area contributed by atoms with E-state index in [1.54, 1.807) is 31.4 Å². The van der Waals surface area contributed by atoms with Gasteiger partial charge in [0.1, 0.15) is 23.8 Å². The Bertz CT molecular complexity index is 835. The lowest BCUT2D eigenvalue weighted by Crippen LogP contribution is -2.37. The molecule has 0 saturated heterocycles. The quantitative estimate of drug-likeness (QED) is 0.808. The highest BCUT2D eigenvalue weighted by molar-refractivity contribution is 6.03. The van der Waals surface area contributed by atoms with Crippen molar-refractivity contribution in [1.29, 1.82) is 0 Å². The van der Waals surface area contributed by atoms with Gasteiger partial charge in [0, 0.05) is 13.0 Å². The van der Waals surface area contributed by atoms with Crippen LogP contribution in [0.2, 0.25) is 0 Å². The van der Waals surface area contributed by atoms with Crippen molar-refractivity contribution in [2.24, 2.45) is 0 Å². The largest absolute Gasteiger partial charge is 0.497 e. The first-order chi connectivity index (χ1) is 12.9. The first-order valence-corrected chi connectivity index (χ1v) is 8.34. The molecule has 0 atom stereocenters. The molecule has 0 heterocycles. The fourth-order valence-electron chi connectivity index (χ4n) is 2.63. The number of hydrogen-bond donors (Lipinski definition) is 1. The maximum atomic E-state index is 12.6. The molecule has 27 heavy (non-hydrogen) atoms. The molecule has 0 aliphatic heterocycles. The third kappa shape index (κ3) is 4.91. The highest BCUT2D eigenvalue weighted by atomic mass is 16.5. The molecule has 0 aliphatic rings. The van der Waals surface area contributed by atoms with E-state index in [0.29, 0.717) is 28.6 Å².